The summed E-state index contributed by atoms with van der Waals surface area (Å²) in [5.41, 5.74) is 0. The minimum atomic E-state index is -0.817. The van der Waals surface area contributed by atoms with Crippen molar-refractivity contribution in [1.29, 1.82) is 0 Å². The molecule has 0 aromatic rings. The Morgan fingerprint density at radius 1 is 0.256 bits per heavy atom. The van der Waals surface area contributed by atoms with Crippen LogP contribution in [0.3, 0.4) is 0 Å². The molecule has 6 nitrogen and oxygen atoms in total. The number of carbonyl (C=O) groups excluding carboxylic acids is 3. The van der Waals surface area contributed by atoms with E-state index < -0.39 is 6.10 Å². The van der Waals surface area contributed by atoms with E-state index in [0.29, 0.717) is 25.7 Å². The number of unbranched alkanes of at least 4 members (excludes halogenated alkanes) is 19. The summed E-state index contributed by atoms with van der Waals surface area (Å²) >= 11 is 0. The molecule has 460 valence electrons. The first-order valence-corrected chi connectivity index (χ1v) is 33.1. The molecule has 0 saturated carbocycles. The quantitative estimate of drug-likeness (QED) is 0.0261. The van der Waals surface area contributed by atoms with Gasteiger partial charge in [-0.25, -0.2) is 0 Å². The van der Waals surface area contributed by atoms with Crippen molar-refractivity contribution in [1.82, 2.24) is 0 Å². The zero-order chi connectivity index (χ0) is 59.2. The number of hydrogen-bond donors (Lipinski definition) is 0. The molecule has 0 radical (unpaired) electrons. The molecule has 0 amide bonds. The fourth-order valence-corrected chi connectivity index (χ4v) is 8.54. The lowest BCUT2D eigenvalue weighted by Crippen LogP contribution is -2.30. The highest BCUT2D eigenvalue weighted by Crippen LogP contribution is 2.14. The standard InChI is InChI=1S/C76H120O6/c1-4-7-10-13-16-19-22-25-28-30-32-34-36-37-38-39-41-42-44-46-48-51-54-57-60-63-66-69-75(78)81-72-73(71-80-74(77)68-65-62-59-56-53-50-27-24-21-18-15-12-9-6-3)82-76(79)70-67-64-61-58-55-52-49-47-45-43-40-35-33-31-29-26-23-20-17-14-11-8-5-2/h7-8,10-11,16-17,19-20,24-29,32-35,37-38,41-43,45-46,48,54,57,73H,4-6,9,12-15,18,21-23,30-31,36,39-40,44,47,49-53,55-56,58-72H2,1-3H3/b10-7-,11-8-,19-16-,20-17-,27-24-,28-25-,29-26-,34-32-,35-33-,38-37-,42-41-,45-43-,48-46-,57-54-. The second-order valence-electron chi connectivity index (χ2n) is 21.3. The summed E-state index contributed by atoms with van der Waals surface area (Å²) in [5.74, 6) is -0.976. The third-order valence-corrected chi connectivity index (χ3v) is 13.4. The Balaban J connectivity index is 4.50. The number of rotatable bonds is 58. The summed E-state index contributed by atoms with van der Waals surface area (Å²) < 4.78 is 16.9. The van der Waals surface area contributed by atoms with Crippen LogP contribution in [-0.4, -0.2) is 37.2 Å². The van der Waals surface area contributed by atoms with E-state index in [9.17, 15) is 14.4 Å². The smallest absolute Gasteiger partial charge is 0.306 e. The molecule has 0 fully saturated rings. The van der Waals surface area contributed by atoms with Crippen LogP contribution in [0.5, 0.6) is 0 Å². The predicted molar refractivity (Wildman–Crippen MR) is 357 cm³/mol. The number of ether oxygens (including phenoxy) is 3. The average molecular weight is 1130 g/mol. The van der Waals surface area contributed by atoms with Gasteiger partial charge in [-0.1, -0.05) is 268 Å². The van der Waals surface area contributed by atoms with Crippen molar-refractivity contribution in [2.24, 2.45) is 0 Å². The highest BCUT2D eigenvalue weighted by atomic mass is 16.6. The van der Waals surface area contributed by atoms with E-state index in [2.05, 4.69) is 191 Å². The molecule has 0 aromatic heterocycles. The molecule has 0 N–H and O–H groups in total. The van der Waals surface area contributed by atoms with Crippen LogP contribution in [0.4, 0.5) is 0 Å². The first-order valence-electron chi connectivity index (χ1n) is 33.1. The van der Waals surface area contributed by atoms with Crippen LogP contribution in [0.2, 0.25) is 0 Å². The minimum absolute atomic E-state index is 0.108. The molecule has 1 unspecified atom stereocenters. The van der Waals surface area contributed by atoms with Crippen molar-refractivity contribution in [2.75, 3.05) is 13.2 Å². The molecule has 1 atom stereocenters. The average Bonchev–Trinajstić information content (AvgIpc) is 3.48. The molecular formula is C76H120O6. The summed E-state index contributed by atoms with van der Waals surface area (Å²) in [5, 5.41) is 0. The third-order valence-electron chi connectivity index (χ3n) is 13.4. The molecule has 82 heavy (non-hydrogen) atoms. The van der Waals surface area contributed by atoms with Gasteiger partial charge in [0.15, 0.2) is 6.10 Å². The second kappa shape index (κ2) is 68.3. The van der Waals surface area contributed by atoms with Crippen molar-refractivity contribution in [3.63, 3.8) is 0 Å². The second-order valence-corrected chi connectivity index (χ2v) is 21.3. The van der Waals surface area contributed by atoms with Crippen molar-refractivity contribution in [2.45, 2.75) is 277 Å². The molecule has 0 aliphatic carbocycles. The van der Waals surface area contributed by atoms with Gasteiger partial charge in [0.25, 0.3) is 0 Å². The van der Waals surface area contributed by atoms with Crippen LogP contribution >= 0.6 is 0 Å². The number of esters is 3. The molecule has 0 saturated heterocycles. The first-order chi connectivity index (χ1) is 40.5. The van der Waals surface area contributed by atoms with Crippen LogP contribution in [0.1, 0.15) is 271 Å². The Kier molecular flexibility index (Phi) is 63.9. The van der Waals surface area contributed by atoms with Gasteiger partial charge < -0.3 is 14.2 Å². The molecule has 6 heteroatoms. The Labute approximate surface area is 504 Å². The third kappa shape index (κ3) is 65.6. The SMILES string of the molecule is CC/C=C\C/C=C\C/C=C\C/C=C\C/C=C\C/C=C\C/C=C\C/C=C\CCCCC(=O)OCC(COC(=O)CCCCCCC/C=C\CCCCCCC)OC(=O)CCCCCCCCC/C=C\C/C=C\C/C=C\C/C=C\C/C=C\CC. The monoisotopic (exact) mass is 1130 g/mol. The van der Waals surface area contributed by atoms with Crippen LogP contribution in [-0.2, 0) is 28.6 Å². The summed E-state index contributed by atoms with van der Waals surface area (Å²) in [7, 11) is 0. The maximum Gasteiger partial charge on any atom is 0.306 e. The van der Waals surface area contributed by atoms with Gasteiger partial charge in [0.1, 0.15) is 13.2 Å². The molecule has 0 spiro atoms. The number of allylic oxidation sites excluding steroid dienone is 28. The lowest BCUT2D eigenvalue weighted by atomic mass is 10.1. The van der Waals surface area contributed by atoms with Gasteiger partial charge in [0.2, 0.25) is 0 Å². The van der Waals surface area contributed by atoms with E-state index in [1.54, 1.807) is 0 Å². The lowest BCUT2D eigenvalue weighted by molar-refractivity contribution is -0.167. The van der Waals surface area contributed by atoms with E-state index in [0.717, 1.165) is 161 Å². The van der Waals surface area contributed by atoms with Gasteiger partial charge in [-0.3, -0.25) is 14.4 Å². The molecule has 0 aliphatic heterocycles. The van der Waals surface area contributed by atoms with Crippen molar-refractivity contribution in [3.8, 4) is 0 Å². The normalized spacial score (nSPS) is 13.3. The van der Waals surface area contributed by atoms with Crippen LogP contribution in [0, 0.1) is 0 Å². The van der Waals surface area contributed by atoms with Crippen molar-refractivity contribution in [3.05, 3.63) is 170 Å². The van der Waals surface area contributed by atoms with Gasteiger partial charge in [-0.05, 0) is 154 Å². The molecular weight excluding hydrogens is 1010 g/mol. The van der Waals surface area contributed by atoms with E-state index in [1.165, 1.54) is 64.2 Å². The van der Waals surface area contributed by atoms with E-state index in [4.69, 9.17) is 14.2 Å². The van der Waals surface area contributed by atoms with Gasteiger partial charge >= 0.3 is 17.9 Å². The Morgan fingerprint density at radius 3 is 0.780 bits per heavy atom. The van der Waals surface area contributed by atoms with Crippen LogP contribution < -0.4 is 0 Å². The zero-order valence-corrected chi connectivity index (χ0v) is 52.7. The summed E-state index contributed by atoms with van der Waals surface area (Å²) in [4.78, 5) is 38.4. The van der Waals surface area contributed by atoms with E-state index in [-0.39, 0.29) is 31.1 Å². The first kappa shape index (κ1) is 76.8. The number of carbonyl (C=O) groups is 3. The molecule has 0 aliphatic rings. The van der Waals surface area contributed by atoms with Gasteiger partial charge in [-0.2, -0.15) is 0 Å². The Bertz CT molecular complexity index is 1870. The minimum Gasteiger partial charge on any atom is -0.462 e. The number of hydrogen-bond acceptors (Lipinski definition) is 6. The fourth-order valence-electron chi connectivity index (χ4n) is 8.54. The Hall–Kier alpha value is -5.23. The van der Waals surface area contributed by atoms with Crippen molar-refractivity contribution >= 4 is 17.9 Å². The highest BCUT2D eigenvalue weighted by molar-refractivity contribution is 5.71. The fraction of sp³-hybridized carbons (Fsp3) is 0.592. The summed E-state index contributed by atoms with van der Waals surface area (Å²) in [6.45, 7) is 6.35. The van der Waals surface area contributed by atoms with Gasteiger partial charge in [0.05, 0.1) is 0 Å². The maximum absolute atomic E-state index is 12.9. The predicted octanol–water partition coefficient (Wildman–Crippen LogP) is 23.0. The van der Waals surface area contributed by atoms with E-state index >= 15 is 0 Å². The highest BCUT2D eigenvalue weighted by Gasteiger charge is 2.19. The van der Waals surface area contributed by atoms with Gasteiger partial charge in [0, 0.05) is 19.3 Å². The van der Waals surface area contributed by atoms with E-state index in [1.807, 2.05) is 0 Å². The molecule has 0 aromatic carbocycles. The molecule has 0 heterocycles. The van der Waals surface area contributed by atoms with Crippen LogP contribution in [0.25, 0.3) is 0 Å². The maximum atomic E-state index is 12.9. The molecule has 0 bridgehead atoms. The van der Waals surface area contributed by atoms with Gasteiger partial charge in [-0.15, -0.1) is 0 Å². The zero-order valence-electron chi connectivity index (χ0n) is 52.7. The topological polar surface area (TPSA) is 78.9 Å². The summed E-state index contributed by atoms with van der Waals surface area (Å²) in [6.07, 6.45) is 101. The van der Waals surface area contributed by atoms with Crippen molar-refractivity contribution < 1.29 is 28.6 Å². The molecule has 0 rings (SSSR count). The van der Waals surface area contributed by atoms with Crippen LogP contribution in [0.15, 0.2) is 170 Å². The lowest BCUT2D eigenvalue weighted by Gasteiger charge is -2.18. The Morgan fingerprint density at radius 2 is 0.476 bits per heavy atom. The largest absolute Gasteiger partial charge is 0.462 e. The summed E-state index contributed by atoms with van der Waals surface area (Å²) in [6, 6.07) is 0.